The van der Waals surface area contributed by atoms with Gasteiger partial charge in [0, 0.05) is 18.3 Å². The average Bonchev–Trinajstić information content (AvgIpc) is 2.39. The number of carbonyl (C=O) groups excluding carboxylic acids is 1. The topological polar surface area (TPSA) is 33.2 Å². The standard InChI is InChI=1S/C14H12ClFN2O/c1-18(9-11-4-2-3-7-17-11)14(19)12-6-5-10(15)8-13(12)16/h2-8H,9H2,1H3. The zero-order valence-electron chi connectivity index (χ0n) is 10.3. The molecule has 0 aliphatic rings. The minimum Gasteiger partial charge on any atom is -0.336 e. The number of benzene rings is 1. The van der Waals surface area contributed by atoms with E-state index in [2.05, 4.69) is 4.98 Å². The summed E-state index contributed by atoms with van der Waals surface area (Å²) in [6, 6.07) is 9.44. The number of pyridine rings is 1. The van der Waals surface area contributed by atoms with Crippen LogP contribution in [0, 0.1) is 5.82 Å². The monoisotopic (exact) mass is 278 g/mol. The molecule has 19 heavy (non-hydrogen) atoms. The number of halogens is 2. The zero-order valence-corrected chi connectivity index (χ0v) is 11.1. The lowest BCUT2D eigenvalue weighted by molar-refractivity contribution is 0.0779. The van der Waals surface area contributed by atoms with E-state index in [9.17, 15) is 9.18 Å². The van der Waals surface area contributed by atoms with Crippen LogP contribution in [0.25, 0.3) is 0 Å². The molecular formula is C14H12ClFN2O. The van der Waals surface area contributed by atoms with Crippen molar-refractivity contribution in [2.24, 2.45) is 0 Å². The predicted molar refractivity (Wildman–Crippen MR) is 71.4 cm³/mol. The molecule has 2 aromatic rings. The fourth-order valence-corrected chi connectivity index (χ4v) is 1.83. The van der Waals surface area contributed by atoms with Crippen LogP contribution in [0.5, 0.6) is 0 Å². The molecule has 0 bridgehead atoms. The summed E-state index contributed by atoms with van der Waals surface area (Å²) in [5.41, 5.74) is 0.746. The van der Waals surface area contributed by atoms with Crippen LogP contribution < -0.4 is 0 Å². The molecule has 0 aliphatic heterocycles. The largest absolute Gasteiger partial charge is 0.336 e. The van der Waals surface area contributed by atoms with E-state index in [0.29, 0.717) is 6.54 Å². The van der Waals surface area contributed by atoms with Gasteiger partial charge < -0.3 is 4.90 Å². The van der Waals surface area contributed by atoms with Gasteiger partial charge in [0.25, 0.3) is 5.91 Å². The fraction of sp³-hybridized carbons (Fsp3) is 0.143. The molecular weight excluding hydrogens is 267 g/mol. The van der Waals surface area contributed by atoms with E-state index in [0.717, 1.165) is 11.8 Å². The molecule has 2 rings (SSSR count). The van der Waals surface area contributed by atoms with Gasteiger partial charge in [0.1, 0.15) is 5.82 Å². The Morgan fingerprint density at radius 2 is 2.16 bits per heavy atom. The molecule has 0 spiro atoms. The fourth-order valence-electron chi connectivity index (χ4n) is 1.67. The summed E-state index contributed by atoms with van der Waals surface area (Å²) < 4.78 is 13.7. The summed E-state index contributed by atoms with van der Waals surface area (Å²) in [5.74, 6) is -1.02. The molecule has 0 aliphatic carbocycles. The Kier molecular flexibility index (Phi) is 4.12. The van der Waals surface area contributed by atoms with E-state index >= 15 is 0 Å². The van der Waals surface area contributed by atoms with E-state index in [1.54, 1.807) is 19.3 Å². The van der Waals surface area contributed by atoms with Crippen LogP contribution in [0.4, 0.5) is 4.39 Å². The van der Waals surface area contributed by atoms with Gasteiger partial charge in [-0.05, 0) is 30.3 Å². The van der Waals surface area contributed by atoms with E-state index in [4.69, 9.17) is 11.6 Å². The first-order chi connectivity index (χ1) is 9.08. The summed E-state index contributed by atoms with van der Waals surface area (Å²) in [4.78, 5) is 17.6. The second kappa shape index (κ2) is 5.80. The minimum absolute atomic E-state index is 0.00262. The molecule has 1 amide bonds. The van der Waals surface area contributed by atoms with Crippen molar-refractivity contribution in [3.63, 3.8) is 0 Å². The smallest absolute Gasteiger partial charge is 0.256 e. The molecule has 98 valence electrons. The lowest BCUT2D eigenvalue weighted by atomic mass is 10.2. The molecule has 0 saturated carbocycles. The van der Waals surface area contributed by atoms with E-state index in [1.807, 2.05) is 12.1 Å². The van der Waals surface area contributed by atoms with Crippen LogP contribution in [0.1, 0.15) is 16.1 Å². The highest BCUT2D eigenvalue weighted by Gasteiger charge is 2.16. The van der Waals surface area contributed by atoms with Gasteiger partial charge in [-0.1, -0.05) is 17.7 Å². The quantitative estimate of drug-likeness (QED) is 0.864. The average molecular weight is 279 g/mol. The van der Waals surface area contributed by atoms with Crippen LogP contribution in [0.15, 0.2) is 42.6 Å². The van der Waals surface area contributed by atoms with Crippen molar-refractivity contribution in [1.29, 1.82) is 0 Å². The maximum absolute atomic E-state index is 13.7. The highest BCUT2D eigenvalue weighted by atomic mass is 35.5. The van der Waals surface area contributed by atoms with Gasteiger partial charge in [-0.15, -0.1) is 0 Å². The second-order valence-electron chi connectivity index (χ2n) is 4.11. The van der Waals surface area contributed by atoms with Crippen molar-refractivity contribution in [2.45, 2.75) is 6.54 Å². The van der Waals surface area contributed by atoms with E-state index in [1.165, 1.54) is 17.0 Å². The highest BCUT2D eigenvalue weighted by Crippen LogP contribution is 2.16. The Morgan fingerprint density at radius 1 is 1.37 bits per heavy atom. The lowest BCUT2D eigenvalue weighted by Crippen LogP contribution is -2.27. The first kappa shape index (κ1) is 13.5. The summed E-state index contributed by atoms with van der Waals surface area (Å²) in [6.07, 6.45) is 1.65. The van der Waals surface area contributed by atoms with Crippen LogP contribution in [-0.4, -0.2) is 22.8 Å². The first-order valence-corrected chi connectivity index (χ1v) is 6.06. The van der Waals surface area contributed by atoms with Crippen LogP contribution in [-0.2, 0) is 6.54 Å². The zero-order chi connectivity index (χ0) is 13.8. The van der Waals surface area contributed by atoms with Gasteiger partial charge in [0.05, 0.1) is 17.8 Å². The molecule has 0 N–H and O–H groups in total. The number of carbonyl (C=O) groups is 1. The maximum Gasteiger partial charge on any atom is 0.256 e. The summed E-state index contributed by atoms with van der Waals surface area (Å²) >= 11 is 5.66. The number of amides is 1. The summed E-state index contributed by atoms with van der Waals surface area (Å²) in [5, 5.41) is 0.265. The first-order valence-electron chi connectivity index (χ1n) is 5.68. The molecule has 0 atom stereocenters. The molecule has 1 aromatic heterocycles. The van der Waals surface area contributed by atoms with Gasteiger partial charge in [0.2, 0.25) is 0 Å². The van der Waals surface area contributed by atoms with Gasteiger partial charge in [-0.3, -0.25) is 9.78 Å². The number of nitrogens with zero attached hydrogens (tertiary/aromatic N) is 2. The summed E-state index contributed by atoms with van der Waals surface area (Å²) in [6.45, 7) is 0.321. The number of hydrogen-bond donors (Lipinski definition) is 0. The van der Waals surface area contributed by atoms with E-state index in [-0.39, 0.29) is 10.6 Å². The second-order valence-corrected chi connectivity index (χ2v) is 4.54. The Morgan fingerprint density at radius 3 is 2.79 bits per heavy atom. The van der Waals surface area contributed by atoms with Crippen LogP contribution in [0.2, 0.25) is 5.02 Å². The van der Waals surface area contributed by atoms with Crippen molar-refractivity contribution in [2.75, 3.05) is 7.05 Å². The molecule has 3 nitrogen and oxygen atoms in total. The molecule has 1 aromatic carbocycles. The Labute approximate surface area is 115 Å². The number of aromatic nitrogens is 1. The Hall–Kier alpha value is -1.94. The summed E-state index contributed by atoms with van der Waals surface area (Å²) in [7, 11) is 1.60. The molecule has 1 heterocycles. The van der Waals surface area contributed by atoms with Crippen molar-refractivity contribution in [3.8, 4) is 0 Å². The lowest BCUT2D eigenvalue weighted by Gasteiger charge is -2.17. The molecule has 0 fully saturated rings. The minimum atomic E-state index is -0.620. The third kappa shape index (κ3) is 3.29. The molecule has 0 saturated heterocycles. The van der Waals surface area contributed by atoms with Crippen molar-refractivity contribution >= 4 is 17.5 Å². The Balaban J connectivity index is 2.15. The third-order valence-corrected chi connectivity index (χ3v) is 2.87. The SMILES string of the molecule is CN(Cc1ccccn1)C(=O)c1ccc(Cl)cc1F. The van der Waals surface area contributed by atoms with Crippen LogP contribution >= 0.6 is 11.6 Å². The highest BCUT2D eigenvalue weighted by molar-refractivity contribution is 6.30. The van der Waals surface area contributed by atoms with Crippen LogP contribution in [0.3, 0.4) is 0 Å². The Bertz CT molecular complexity index is 589. The number of rotatable bonds is 3. The molecule has 5 heteroatoms. The normalized spacial score (nSPS) is 10.3. The predicted octanol–water partition coefficient (Wildman–Crippen LogP) is 3.15. The molecule has 0 unspecified atom stereocenters. The van der Waals surface area contributed by atoms with E-state index < -0.39 is 11.7 Å². The van der Waals surface area contributed by atoms with Gasteiger partial charge in [-0.25, -0.2) is 4.39 Å². The van der Waals surface area contributed by atoms with Gasteiger partial charge in [-0.2, -0.15) is 0 Å². The van der Waals surface area contributed by atoms with Gasteiger partial charge in [0.15, 0.2) is 0 Å². The van der Waals surface area contributed by atoms with Gasteiger partial charge >= 0.3 is 0 Å². The van der Waals surface area contributed by atoms with Crippen molar-refractivity contribution in [3.05, 3.63) is 64.7 Å². The molecule has 0 radical (unpaired) electrons. The maximum atomic E-state index is 13.7. The number of hydrogen-bond acceptors (Lipinski definition) is 2. The van der Waals surface area contributed by atoms with Crippen molar-refractivity contribution < 1.29 is 9.18 Å². The van der Waals surface area contributed by atoms with Crippen molar-refractivity contribution in [1.82, 2.24) is 9.88 Å². The third-order valence-electron chi connectivity index (χ3n) is 2.63.